The monoisotopic (exact) mass is 755 g/mol. The summed E-state index contributed by atoms with van der Waals surface area (Å²) in [4.78, 5) is 45.4. The molecule has 3 amide bonds. The van der Waals surface area contributed by atoms with Crippen LogP contribution in [0, 0.1) is 0 Å². The third-order valence-corrected chi connectivity index (χ3v) is 8.18. The molecule has 0 saturated carbocycles. The highest BCUT2D eigenvalue weighted by Crippen LogP contribution is 2.23. The van der Waals surface area contributed by atoms with E-state index in [9.17, 15) is 27.6 Å². The van der Waals surface area contributed by atoms with Gasteiger partial charge in [0.2, 0.25) is 0 Å². The van der Waals surface area contributed by atoms with Crippen molar-refractivity contribution in [1.29, 1.82) is 0 Å². The van der Waals surface area contributed by atoms with Gasteiger partial charge in [-0.2, -0.15) is 13.2 Å². The number of likely N-dealkylation sites (tertiary alicyclic amines) is 1. The van der Waals surface area contributed by atoms with Gasteiger partial charge in [0.1, 0.15) is 17.1 Å². The number of carboxylic acids is 1. The maximum atomic E-state index is 11.7. The van der Waals surface area contributed by atoms with E-state index in [4.69, 9.17) is 25.1 Å². The first-order valence-electron chi connectivity index (χ1n) is 17.6. The Hall–Kier alpha value is -4.53. The molecule has 2 aromatic carbocycles. The second kappa shape index (κ2) is 22.5. The second-order valence-corrected chi connectivity index (χ2v) is 14.3. The highest BCUT2D eigenvalue weighted by molar-refractivity contribution is 5.77. The summed E-state index contributed by atoms with van der Waals surface area (Å²) >= 11 is 0. The zero-order valence-corrected chi connectivity index (χ0v) is 32.2. The van der Waals surface area contributed by atoms with Crippen LogP contribution in [0.3, 0.4) is 0 Å². The Kier molecular flexibility index (Phi) is 19.8. The summed E-state index contributed by atoms with van der Waals surface area (Å²) < 4.78 is 48.8. The molecule has 0 bridgehead atoms. The standard InChI is InChI=1S/C31H46N3O4.C5H11NO2.C2HF3O2/c1-32(2)30(35)24-37-28-16-12-26(13-17-28)10-8-22-34(20-6-5-7-21-34)23-9-11-27-14-18-29(19-15-27)38-25-31(36)33(3)4;1-5(2,3)8-4(6)7;3-2(4,5)1(6)7/h12-19H,5-11,20-25H2,1-4H3;1-3H3,(H2,6,7);(H,6,7)/q+1;;. The van der Waals surface area contributed by atoms with Crippen molar-refractivity contribution in [2.75, 3.05) is 67.6 Å². The number of carbonyl (C=O) groups excluding carboxylic acids is 3. The van der Waals surface area contributed by atoms with Crippen LogP contribution in [0.2, 0.25) is 0 Å². The number of carbonyl (C=O) groups is 4. The SMILES string of the molecule is CC(C)(C)OC(N)=O.CN(C)C(=O)COc1ccc(CCC[N+]2(CCCc3ccc(OCC(=O)N(C)C)cc3)CCCCC2)cc1.O=C(O)C(F)(F)F. The molecule has 3 N–H and O–H groups in total. The van der Waals surface area contributed by atoms with Crippen molar-refractivity contribution in [3.63, 3.8) is 0 Å². The fraction of sp³-hybridized carbons (Fsp3) is 0.579. The van der Waals surface area contributed by atoms with Crippen LogP contribution in [0.4, 0.5) is 18.0 Å². The molecule has 15 heteroatoms. The van der Waals surface area contributed by atoms with Gasteiger partial charge in [0.15, 0.2) is 13.2 Å². The van der Waals surface area contributed by atoms with Crippen LogP contribution in [0.1, 0.15) is 64.0 Å². The molecule has 1 saturated heterocycles. The lowest BCUT2D eigenvalue weighted by Crippen LogP contribution is -2.52. The van der Waals surface area contributed by atoms with Gasteiger partial charge < -0.3 is 39.3 Å². The van der Waals surface area contributed by atoms with Gasteiger partial charge in [0, 0.05) is 41.0 Å². The Balaban J connectivity index is 0.000000782. The van der Waals surface area contributed by atoms with E-state index in [0.717, 1.165) is 24.3 Å². The number of primary amides is 1. The van der Waals surface area contributed by atoms with Crippen LogP contribution >= 0.6 is 0 Å². The molecule has 3 rings (SSSR count). The number of amides is 3. The number of rotatable bonds is 14. The van der Waals surface area contributed by atoms with Crippen molar-refractivity contribution in [3.05, 3.63) is 59.7 Å². The van der Waals surface area contributed by atoms with Gasteiger partial charge in [0.05, 0.1) is 26.2 Å². The summed E-state index contributed by atoms with van der Waals surface area (Å²) in [5.41, 5.74) is 6.91. The zero-order chi connectivity index (χ0) is 40.2. The molecule has 1 aliphatic heterocycles. The number of quaternary nitrogens is 1. The Morgan fingerprint density at radius 3 is 1.34 bits per heavy atom. The van der Waals surface area contributed by atoms with Crippen LogP contribution in [0.5, 0.6) is 11.5 Å². The molecule has 1 aliphatic rings. The van der Waals surface area contributed by atoms with Gasteiger partial charge in [0.25, 0.3) is 11.8 Å². The van der Waals surface area contributed by atoms with Gasteiger partial charge in [-0.3, -0.25) is 9.59 Å². The molecular formula is C38H58F3N4O8+. The second-order valence-electron chi connectivity index (χ2n) is 14.3. The van der Waals surface area contributed by atoms with Crippen molar-refractivity contribution in [2.45, 2.75) is 77.5 Å². The number of ether oxygens (including phenoxy) is 3. The molecule has 298 valence electrons. The minimum atomic E-state index is -5.08. The van der Waals surface area contributed by atoms with Crippen LogP contribution in [-0.2, 0) is 32.0 Å². The number of benzene rings is 2. The summed E-state index contributed by atoms with van der Waals surface area (Å²) in [5, 5.41) is 7.12. The number of likely N-dealkylation sites (N-methyl/N-ethyl adjacent to an activating group) is 2. The average molecular weight is 756 g/mol. The van der Waals surface area contributed by atoms with E-state index < -0.39 is 23.8 Å². The minimum absolute atomic E-state index is 0.0380. The van der Waals surface area contributed by atoms with Crippen molar-refractivity contribution in [3.8, 4) is 11.5 Å². The maximum Gasteiger partial charge on any atom is 0.490 e. The van der Waals surface area contributed by atoms with Gasteiger partial charge in [-0.25, -0.2) is 9.59 Å². The molecule has 0 atom stereocenters. The maximum absolute atomic E-state index is 11.7. The Labute approximate surface area is 311 Å². The van der Waals surface area contributed by atoms with E-state index >= 15 is 0 Å². The number of carboxylic acid groups (broad SMARTS) is 1. The first-order valence-corrected chi connectivity index (χ1v) is 17.6. The average Bonchev–Trinajstić information content (AvgIpc) is 3.06. The van der Waals surface area contributed by atoms with E-state index in [1.165, 1.54) is 83.7 Å². The summed E-state index contributed by atoms with van der Waals surface area (Å²) in [6, 6.07) is 16.4. The molecule has 0 aromatic heterocycles. The quantitative estimate of drug-likeness (QED) is 0.234. The predicted octanol–water partition coefficient (Wildman–Crippen LogP) is 5.70. The number of aryl methyl sites for hydroxylation is 2. The van der Waals surface area contributed by atoms with Gasteiger partial charge >= 0.3 is 18.2 Å². The molecule has 53 heavy (non-hydrogen) atoms. The minimum Gasteiger partial charge on any atom is -0.484 e. The van der Waals surface area contributed by atoms with Crippen molar-refractivity contribution in [2.24, 2.45) is 5.73 Å². The molecule has 0 unspecified atom stereocenters. The topological polar surface area (TPSA) is 149 Å². The van der Waals surface area contributed by atoms with Crippen molar-refractivity contribution < 1.29 is 56.1 Å². The number of halogens is 3. The molecule has 0 spiro atoms. The molecule has 0 radical (unpaired) electrons. The van der Waals surface area contributed by atoms with Gasteiger partial charge in [-0.15, -0.1) is 0 Å². The molecule has 12 nitrogen and oxygen atoms in total. The summed E-state index contributed by atoms with van der Waals surface area (Å²) in [6.45, 7) is 10.5. The number of aliphatic carboxylic acids is 1. The Morgan fingerprint density at radius 2 is 1.08 bits per heavy atom. The van der Waals surface area contributed by atoms with E-state index in [1.807, 2.05) is 24.3 Å². The fourth-order valence-corrected chi connectivity index (χ4v) is 5.33. The summed E-state index contributed by atoms with van der Waals surface area (Å²) in [7, 11) is 6.94. The third kappa shape index (κ3) is 20.9. The van der Waals surface area contributed by atoms with Gasteiger partial charge in [-0.1, -0.05) is 24.3 Å². The van der Waals surface area contributed by atoms with E-state index in [1.54, 1.807) is 49.0 Å². The first kappa shape index (κ1) is 46.5. The van der Waals surface area contributed by atoms with Crippen LogP contribution in [0.15, 0.2) is 48.5 Å². The van der Waals surface area contributed by atoms with Crippen LogP contribution < -0.4 is 15.2 Å². The number of hydrogen-bond acceptors (Lipinski definition) is 7. The van der Waals surface area contributed by atoms with Crippen molar-refractivity contribution in [1.82, 2.24) is 9.80 Å². The summed E-state index contributed by atoms with van der Waals surface area (Å²) in [6.07, 6.45) is 2.69. The normalized spacial score (nSPS) is 13.5. The van der Waals surface area contributed by atoms with Crippen molar-refractivity contribution >= 4 is 23.9 Å². The van der Waals surface area contributed by atoms with E-state index in [0.29, 0.717) is 0 Å². The highest BCUT2D eigenvalue weighted by Gasteiger charge is 2.38. The smallest absolute Gasteiger partial charge is 0.484 e. The van der Waals surface area contributed by atoms with Crippen LogP contribution in [-0.4, -0.2) is 123 Å². The lowest BCUT2D eigenvalue weighted by molar-refractivity contribution is -0.932. The lowest BCUT2D eigenvalue weighted by atomic mass is 10.0. The fourth-order valence-electron chi connectivity index (χ4n) is 5.33. The highest BCUT2D eigenvalue weighted by atomic mass is 19.4. The van der Waals surface area contributed by atoms with Gasteiger partial charge in [-0.05, 0) is 88.3 Å². The largest absolute Gasteiger partial charge is 0.490 e. The number of nitrogens with two attached hydrogens (primary N) is 1. The number of piperidine rings is 1. The molecule has 0 aliphatic carbocycles. The van der Waals surface area contributed by atoms with E-state index in [2.05, 4.69) is 29.0 Å². The third-order valence-electron chi connectivity index (χ3n) is 8.18. The Bertz CT molecular complexity index is 1330. The number of alkyl halides is 3. The summed E-state index contributed by atoms with van der Waals surface area (Å²) in [5.74, 6) is -1.35. The lowest BCUT2D eigenvalue weighted by Gasteiger charge is -2.42. The first-order chi connectivity index (χ1) is 24.6. The molecule has 2 aromatic rings. The Morgan fingerprint density at radius 1 is 0.717 bits per heavy atom. The molecular weight excluding hydrogens is 697 g/mol. The zero-order valence-electron chi connectivity index (χ0n) is 32.2. The molecule has 1 heterocycles. The van der Waals surface area contributed by atoms with Crippen LogP contribution in [0.25, 0.3) is 0 Å². The molecule has 1 fully saturated rings. The number of hydrogen-bond donors (Lipinski definition) is 2. The predicted molar refractivity (Wildman–Crippen MR) is 196 cm³/mol. The number of nitrogens with zero attached hydrogens (tertiary/aromatic N) is 3. The van der Waals surface area contributed by atoms with E-state index in [-0.39, 0.29) is 25.0 Å².